The lowest BCUT2D eigenvalue weighted by Crippen LogP contribution is -2.39. The number of carbonyl (C=O) groups is 1. The second-order valence-corrected chi connectivity index (χ2v) is 10.0. The van der Waals surface area contributed by atoms with Crippen molar-refractivity contribution in [3.8, 4) is 0 Å². The Labute approximate surface area is 139 Å². The van der Waals surface area contributed by atoms with Crippen molar-refractivity contribution in [3.05, 3.63) is 23.4 Å². The molecule has 1 atom stereocenters. The molecule has 1 rings (SSSR count). The summed E-state index contributed by atoms with van der Waals surface area (Å²) >= 11 is 0. The number of Topliss-reactive ketones (excluding diaryl/α,β-unsaturated/α-hetero) is 1. The van der Waals surface area contributed by atoms with E-state index in [1.54, 1.807) is 27.0 Å². The van der Waals surface area contributed by atoms with Crippen molar-refractivity contribution in [3.63, 3.8) is 0 Å². The van der Waals surface area contributed by atoms with Gasteiger partial charge in [-0.2, -0.15) is 8.42 Å². The van der Waals surface area contributed by atoms with Gasteiger partial charge in [0, 0.05) is 17.4 Å². The van der Waals surface area contributed by atoms with Crippen molar-refractivity contribution < 1.29 is 17.8 Å². The summed E-state index contributed by atoms with van der Waals surface area (Å²) in [5.41, 5.74) is 1.21. The predicted octanol–water partition coefficient (Wildman–Crippen LogP) is 3.31. The number of aryl methyl sites for hydroxylation is 2. The Balaban J connectivity index is 2.79. The Morgan fingerprint density at radius 2 is 1.95 bits per heavy atom. The maximum atomic E-state index is 12.2. The van der Waals surface area contributed by atoms with Crippen LogP contribution in [0.5, 0.6) is 0 Å². The summed E-state index contributed by atoms with van der Waals surface area (Å²) in [7, 11) is -1.92. The van der Waals surface area contributed by atoms with Gasteiger partial charge in [0.1, 0.15) is 5.03 Å². The third kappa shape index (κ3) is 5.57. The van der Waals surface area contributed by atoms with Crippen LogP contribution in [0.1, 0.15) is 31.9 Å². The molecule has 0 amide bonds. The molecule has 1 unspecified atom stereocenters. The van der Waals surface area contributed by atoms with E-state index >= 15 is 0 Å². The molecule has 0 saturated heterocycles. The number of pyridine rings is 1. The number of hydrogen-bond donors (Lipinski definition) is 1. The van der Waals surface area contributed by atoms with Gasteiger partial charge in [0.05, 0.1) is 0 Å². The van der Waals surface area contributed by atoms with Crippen molar-refractivity contribution in [2.75, 3.05) is 5.75 Å². The third-order valence-corrected chi connectivity index (χ3v) is 6.63. The van der Waals surface area contributed by atoms with Crippen molar-refractivity contribution >= 4 is 37.5 Å². The number of aromatic nitrogens is 1. The van der Waals surface area contributed by atoms with E-state index in [0.29, 0.717) is 0 Å². The summed E-state index contributed by atoms with van der Waals surface area (Å²) in [6.07, 6.45) is 1.73. The molecule has 0 fully saturated rings. The van der Waals surface area contributed by atoms with E-state index in [0.717, 1.165) is 16.2 Å². The molecule has 0 aliphatic heterocycles. The van der Waals surface area contributed by atoms with Gasteiger partial charge in [-0.15, -0.1) is 0 Å². The first-order chi connectivity index (χ1) is 9.93. The zero-order valence-electron chi connectivity index (χ0n) is 13.3. The molecule has 0 saturated carbocycles. The quantitative estimate of drug-likeness (QED) is 0.613. The highest BCUT2D eigenvalue weighted by molar-refractivity contribution is 8.76. The standard InChI is InChI=1S/C14H21NO4S3/c1-9-6-10(2)13(15-7-9)21-20-8-11(22(17,18)19)12(16)14(3,4)5/h6-7,11H,8H2,1-5H3,(H,17,18,19). The molecule has 1 aromatic rings. The van der Waals surface area contributed by atoms with E-state index in [1.165, 1.54) is 21.6 Å². The van der Waals surface area contributed by atoms with Crippen molar-refractivity contribution in [1.82, 2.24) is 4.98 Å². The molecule has 22 heavy (non-hydrogen) atoms. The Morgan fingerprint density at radius 3 is 2.41 bits per heavy atom. The molecule has 8 heteroatoms. The zero-order chi connectivity index (χ0) is 17.1. The van der Waals surface area contributed by atoms with Gasteiger partial charge < -0.3 is 0 Å². The Hall–Kier alpha value is -0.570. The number of ketones is 1. The lowest BCUT2D eigenvalue weighted by molar-refractivity contribution is -0.125. The van der Waals surface area contributed by atoms with Crippen LogP contribution in [0.4, 0.5) is 0 Å². The molecule has 0 aromatic carbocycles. The van der Waals surface area contributed by atoms with Gasteiger partial charge >= 0.3 is 0 Å². The van der Waals surface area contributed by atoms with E-state index in [1.807, 2.05) is 19.9 Å². The molecule has 0 spiro atoms. The largest absolute Gasteiger partial charge is 0.298 e. The molecule has 124 valence electrons. The normalized spacial score (nSPS) is 13.9. The first-order valence-corrected chi connectivity index (χ1v) is 10.5. The van der Waals surface area contributed by atoms with Crippen molar-refractivity contribution in [1.29, 1.82) is 0 Å². The SMILES string of the molecule is Cc1cnc(SSCC(C(=O)C(C)(C)C)S(=O)(=O)O)c(C)c1. The minimum atomic E-state index is -4.42. The summed E-state index contributed by atoms with van der Waals surface area (Å²) < 4.78 is 32.3. The second-order valence-electron chi connectivity index (χ2n) is 6.12. The fourth-order valence-corrected chi connectivity index (χ4v) is 5.71. The molecular formula is C14H21NO4S3. The maximum Gasteiger partial charge on any atom is 0.275 e. The van der Waals surface area contributed by atoms with Crippen LogP contribution in [-0.2, 0) is 14.9 Å². The van der Waals surface area contributed by atoms with Gasteiger partial charge in [-0.05, 0) is 35.8 Å². The molecule has 0 bridgehead atoms. The Morgan fingerprint density at radius 1 is 1.36 bits per heavy atom. The molecule has 0 aliphatic rings. The Bertz CT molecular complexity index is 651. The second kappa shape index (κ2) is 7.33. The van der Waals surface area contributed by atoms with Crippen LogP contribution in [0.15, 0.2) is 17.3 Å². The summed E-state index contributed by atoms with van der Waals surface area (Å²) in [6.45, 7) is 8.77. The molecule has 0 aliphatic carbocycles. The van der Waals surface area contributed by atoms with E-state index in [9.17, 15) is 17.8 Å². The molecule has 5 nitrogen and oxygen atoms in total. The fraction of sp³-hybridized carbons (Fsp3) is 0.571. The maximum absolute atomic E-state index is 12.2. The molecular weight excluding hydrogens is 342 g/mol. The van der Waals surface area contributed by atoms with Gasteiger partial charge in [0.2, 0.25) is 0 Å². The van der Waals surface area contributed by atoms with Crippen molar-refractivity contribution in [2.24, 2.45) is 5.41 Å². The molecule has 1 heterocycles. The van der Waals surface area contributed by atoms with Gasteiger partial charge in [0.25, 0.3) is 10.1 Å². The zero-order valence-corrected chi connectivity index (χ0v) is 15.7. The van der Waals surface area contributed by atoms with Gasteiger partial charge in [-0.3, -0.25) is 9.35 Å². The Kier molecular flexibility index (Phi) is 6.49. The number of carbonyl (C=O) groups excluding carboxylic acids is 1. The van der Waals surface area contributed by atoms with E-state index in [-0.39, 0.29) is 5.75 Å². The topological polar surface area (TPSA) is 84.3 Å². The van der Waals surface area contributed by atoms with Gasteiger partial charge in [-0.1, -0.05) is 37.6 Å². The van der Waals surface area contributed by atoms with E-state index in [4.69, 9.17) is 0 Å². The highest BCUT2D eigenvalue weighted by atomic mass is 33.1. The van der Waals surface area contributed by atoms with E-state index < -0.39 is 26.6 Å². The summed E-state index contributed by atoms with van der Waals surface area (Å²) in [4.78, 5) is 16.5. The average Bonchev–Trinajstić information content (AvgIpc) is 2.33. The van der Waals surface area contributed by atoms with Crippen LogP contribution in [0.3, 0.4) is 0 Å². The molecule has 1 N–H and O–H groups in total. The highest BCUT2D eigenvalue weighted by Gasteiger charge is 2.37. The summed E-state index contributed by atoms with van der Waals surface area (Å²) in [5.74, 6) is -0.508. The van der Waals surface area contributed by atoms with Crippen LogP contribution >= 0.6 is 21.6 Å². The minimum absolute atomic E-state index is 0.0192. The van der Waals surface area contributed by atoms with Crippen molar-refractivity contribution in [2.45, 2.75) is 44.9 Å². The van der Waals surface area contributed by atoms with Gasteiger partial charge in [-0.25, -0.2) is 4.98 Å². The number of hydrogen-bond acceptors (Lipinski definition) is 6. The van der Waals surface area contributed by atoms with Crippen LogP contribution in [0.25, 0.3) is 0 Å². The number of nitrogens with zero attached hydrogens (tertiary/aromatic N) is 1. The monoisotopic (exact) mass is 363 g/mol. The number of rotatable bonds is 6. The third-order valence-electron chi connectivity index (χ3n) is 2.92. The first-order valence-electron chi connectivity index (χ1n) is 6.66. The molecule has 1 aromatic heterocycles. The van der Waals surface area contributed by atoms with Crippen LogP contribution in [0.2, 0.25) is 0 Å². The highest BCUT2D eigenvalue weighted by Crippen LogP contribution is 2.34. The minimum Gasteiger partial charge on any atom is -0.298 e. The average molecular weight is 364 g/mol. The van der Waals surface area contributed by atoms with Gasteiger partial charge in [0.15, 0.2) is 11.0 Å². The van der Waals surface area contributed by atoms with Crippen LogP contribution in [0, 0.1) is 19.3 Å². The summed E-state index contributed by atoms with van der Waals surface area (Å²) in [5, 5.41) is -0.649. The summed E-state index contributed by atoms with van der Waals surface area (Å²) in [6, 6.07) is 1.98. The fourth-order valence-electron chi connectivity index (χ4n) is 1.72. The lowest BCUT2D eigenvalue weighted by atomic mass is 9.89. The van der Waals surface area contributed by atoms with Crippen LogP contribution < -0.4 is 0 Å². The van der Waals surface area contributed by atoms with Crippen LogP contribution in [-0.4, -0.2) is 34.7 Å². The molecule has 0 radical (unpaired) electrons. The first kappa shape index (κ1) is 19.5. The predicted molar refractivity (Wildman–Crippen MR) is 91.8 cm³/mol. The lowest BCUT2D eigenvalue weighted by Gasteiger charge is -2.22. The smallest absolute Gasteiger partial charge is 0.275 e. The van der Waals surface area contributed by atoms with E-state index in [2.05, 4.69) is 4.98 Å².